The van der Waals surface area contributed by atoms with Crippen molar-refractivity contribution in [2.45, 2.75) is 19.3 Å². The fourth-order valence-corrected chi connectivity index (χ4v) is 4.26. The Morgan fingerprint density at radius 1 is 1.07 bits per heavy atom. The molecule has 3 aromatic rings. The van der Waals surface area contributed by atoms with E-state index in [4.69, 9.17) is 0 Å². The molecule has 0 unspecified atom stereocenters. The quantitative estimate of drug-likeness (QED) is 0.677. The van der Waals surface area contributed by atoms with Crippen molar-refractivity contribution in [3.8, 4) is 11.1 Å². The third-order valence-corrected chi connectivity index (χ3v) is 5.88. The summed E-state index contributed by atoms with van der Waals surface area (Å²) in [6.45, 7) is 5.63. The van der Waals surface area contributed by atoms with Crippen LogP contribution in [0.2, 0.25) is 0 Å². The van der Waals surface area contributed by atoms with Crippen LogP contribution in [0, 0.1) is 5.92 Å². The summed E-state index contributed by atoms with van der Waals surface area (Å²) in [5, 5.41) is 3.11. The van der Waals surface area contributed by atoms with E-state index in [1.807, 2.05) is 12.3 Å². The first-order valence-electron chi connectivity index (χ1n) is 10.7. The third-order valence-electron chi connectivity index (χ3n) is 5.88. The smallest absolute Gasteiger partial charge is 0.224 e. The van der Waals surface area contributed by atoms with Crippen LogP contribution in [0.3, 0.4) is 0 Å². The van der Waals surface area contributed by atoms with E-state index in [2.05, 4.69) is 82.8 Å². The molecule has 30 heavy (non-hydrogen) atoms. The second kappa shape index (κ2) is 9.68. The first-order valence-corrected chi connectivity index (χ1v) is 10.7. The van der Waals surface area contributed by atoms with Gasteiger partial charge in [-0.05, 0) is 40.7 Å². The average Bonchev–Trinajstić information content (AvgIpc) is 2.96. The molecule has 1 saturated heterocycles. The van der Waals surface area contributed by atoms with E-state index in [-0.39, 0.29) is 11.8 Å². The van der Waals surface area contributed by atoms with Gasteiger partial charge in [-0.15, -0.1) is 0 Å². The van der Waals surface area contributed by atoms with Crippen molar-refractivity contribution in [1.29, 1.82) is 0 Å². The highest BCUT2D eigenvalue weighted by molar-refractivity contribution is 5.79. The van der Waals surface area contributed by atoms with Crippen LogP contribution < -0.4 is 5.32 Å². The van der Waals surface area contributed by atoms with Crippen LogP contribution in [0.4, 0.5) is 0 Å². The number of carbonyl (C=O) groups excluding carboxylic acids is 1. The molecule has 154 valence electrons. The van der Waals surface area contributed by atoms with Gasteiger partial charge < -0.3 is 10.2 Å². The number of pyridine rings is 1. The monoisotopic (exact) mass is 399 g/mol. The number of rotatable bonds is 6. The molecule has 0 spiro atoms. The van der Waals surface area contributed by atoms with Crippen LogP contribution in [-0.2, 0) is 11.2 Å². The summed E-state index contributed by atoms with van der Waals surface area (Å²) >= 11 is 0. The van der Waals surface area contributed by atoms with Gasteiger partial charge in [0.05, 0.1) is 5.92 Å². The summed E-state index contributed by atoms with van der Waals surface area (Å²) in [4.78, 5) is 19.4. The van der Waals surface area contributed by atoms with Crippen LogP contribution in [0.1, 0.15) is 24.0 Å². The van der Waals surface area contributed by atoms with E-state index >= 15 is 0 Å². The van der Waals surface area contributed by atoms with Crippen molar-refractivity contribution in [2.75, 3.05) is 26.2 Å². The van der Waals surface area contributed by atoms with Gasteiger partial charge in [0.25, 0.3) is 0 Å². The SMILES string of the molecule is C[C@@H](CN1CCNC(=O)[C@H](Cc2cccc(-c3cccnc3)c2)C1)c1ccccc1. The molecule has 4 nitrogen and oxygen atoms in total. The number of nitrogens with zero attached hydrogens (tertiary/aromatic N) is 2. The number of benzene rings is 2. The summed E-state index contributed by atoms with van der Waals surface area (Å²) in [5.41, 5.74) is 4.78. The molecule has 4 rings (SSSR count). The standard InChI is InChI=1S/C26H29N3O/c1-20(22-8-3-2-4-9-22)18-29-14-13-28-26(30)25(19-29)16-21-7-5-10-23(15-21)24-11-6-12-27-17-24/h2-12,15,17,20,25H,13-14,16,18-19H2,1H3,(H,28,30)/t20-,25+/m0/s1. The highest BCUT2D eigenvalue weighted by atomic mass is 16.1. The number of amides is 1. The van der Waals surface area contributed by atoms with Crippen LogP contribution in [-0.4, -0.2) is 42.0 Å². The summed E-state index contributed by atoms with van der Waals surface area (Å²) in [6, 6.07) is 23.1. The third kappa shape index (κ3) is 5.14. The minimum absolute atomic E-state index is 0.0420. The predicted octanol–water partition coefficient (Wildman–Crippen LogP) is 4.14. The lowest BCUT2D eigenvalue weighted by Crippen LogP contribution is -2.35. The van der Waals surface area contributed by atoms with Crippen molar-refractivity contribution in [2.24, 2.45) is 5.92 Å². The normalized spacial score (nSPS) is 18.4. The van der Waals surface area contributed by atoms with Crippen LogP contribution in [0.5, 0.6) is 0 Å². The number of hydrogen-bond donors (Lipinski definition) is 1. The van der Waals surface area contributed by atoms with Gasteiger partial charge in [0, 0.05) is 38.6 Å². The lowest BCUT2D eigenvalue weighted by atomic mass is 9.95. The van der Waals surface area contributed by atoms with Gasteiger partial charge in [-0.3, -0.25) is 9.78 Å². The number of hydrogen-bond acceptors (Lipinski definition) is 3. The van der Waals surface area contributed by atoms with E-state index in [0.29, 0.717) is 12.5 Å². The van der Waals surface area contributed by atoms with E-state index in [1.165, 1.54) is 11.1 Å². The molecule has 0 bridgehead atoms. The van der Waals surface area contributed by atoms with Crippen LogP contribution in [0.25, 0.3) is 11.1 Å². The zero-order valence-corrected chi connectivity index (χ0v) is 17.5. The molecule has 1 fully saturated rings. The summed E-state index contributed by atoms with van der Waals surface area (Å²) in [7, 11) is 0. The molecule has 1 aliphatic heterocycles. The topological polar surface area (TPSA) is 45.2 Å². The molecule has 2 heterocycles. The number of nitrogens with one attached hydrogen (secondary N) is 1. The summed E-state index contributed by atoms with van der Waals surface area (Å²) in [5.74, 6) is 0.560. The summed E-state index contributed by atoms with van der Waals surface area (Å²) < 4.78 is 0. The maximum atomic E-state index is 12.7. The zero-order chi connectivity index (χ0) is 20.8. The van der Waals surface area contributed by atoms with Crippen LogP contribution >= 0.6 is 0 Å². The highest BCUT2D eigenvalue weighted by Crippen LogP contribution is 2.23. The van der Waals surface area contributed by atoms with E-state index < -0.39 is 0 Å². The lowest BCUT2D eigenvalue weighted by Gasteiger charge is -2.26. The second-order valence-electron chi connectivity index (χ2n) is 8.21. The molecule has 0 saturated carbocycles. The predicted molar refractivity (Wildman–Crippen MR) is 121 cm³/mol. The molecule has 0 aliphatic carbocycles. The highest BCUT2D eigenvalue weighted by Gasteiger charge is 2.26. The number of carbonyl (C=O) groups is 1. The fourth-order valence-electron chi connectivity index (χ4n) is 4.26. The van der Waals surface area contributed by atoms with Crippen molar-refractivity contribution in [3.63, 3.8) is 0 Å². The first kappa shape index (κ1) is 20.3. The van der Waals surface area contributed by atoms with Crippen molar-refractivity contribution in [1.82, 2.24) is 15.2 Å². The zero-order valence-electron chi connectivity index (χ0n) is 17.5. The van der Waals surface area contributed by atoms with Crippen molar-refractivity contribution < 1.29 is 4.79 Å². The van der Waals surface area contributed by atoms with Crippen molar-refractivity contribution in [3.05, 3.63) is 90.3 Å². The van der Waals surface area contributed by atoms with Crippen LogP contribution in [0.15, 0.2) is 79.1 Å². The first-order chi connectivity index (χ1) is 14.7. The van der Waals surface area contributed by atoms with Gasteiger partial charge in [0.15, 0.2) is 0 Å². The maximum Gasteiger partial charge on any atom is 0.224 e. The van der Waals surface area contributed by atoms with Gasteiger partial charge >= 0.3 is 0 Å². The Bertz CT molecular complexity index is 958. The molecule has 2 aromatic carbocycles. The van der Waals surface area contributed by atoms with E-state index in [1.54, 1.807) is 6.20 Å². The minimum atomic E-state index is -0.0420. The molecule has 2 atom stereocenters. The Labute approximate surface area is 179 Å². The Morgan fingerprint density at radius 3 is 2.70 bits per heavy atom. The number of aromatic nitrogens is 1. The van der Waals surface area contributed by atoms with E-state index in [0.717, 1.165) is 37.2 Å². The van der Waals surface area contributed by atoms with Gasteiger partial charge in [-0.1, -0.05) is 67.6 Å². The van der Waals surface area contributed by atoms with Crippen molar-refractivity contribution >= 4 is 5.91 Å². The van der Waals surface area contributed by atoms with Gasteiger partial charge in [-0.2, -0.15) is 0 Å². The molecule has 0 radical (unpaired) electrons. The Balaban J connectivity index is 1.45. The fraction of sp³-hybridized carbons (Fsp3) is 0.308. The van der Waals surface area contributed by atoms with Gasteiger partial charge in [-0.25, -0.2) is 0 Å². The van der Waals surface area contributed by atoms with Gasteiger partial charge in [0.2, 0.25) is 5.91 Å². The molecule has 1 aliphatic rings. The molecular weight excluding hydrogens is 370 g/mol. The molecule has 1 aromatic heterocycles. The maximum absolute atomic E-state index is 12.7. The molecule has 1 amide bonds. The van der Waals surface area contributed by atoms with Gasteiger partial charge in [0.1, 0.15) is 0 Å². The average molecular weight is 400 g/mol. The molecular formula is C26H29N3O. The molecule has 4 heteroatoms. The second-order valence-corrected chi connectivity index (χ2v) is 8.21. The summed E-state index contributed by atoms with van der Waals surface area (Å²) in [6.07, 6.45) is 4.41. The largest absolute Gasteiger partial charge is 0.355 e. The Hall–Kier alpha value is -2.98. The Kier molecular flexibility index (Phi) is 6.55. The Morgan fingerprint density at radius 2 is 1.90 bits per heavy atom. The minimum Gasteiger partial charge on any atom is -0.355 e. The van der Waals surface area contributed by atoms with E-state index in [9.17, 15) is 4.79 Å². The molecule has 1 N–H and O–H groups in total. The lowest BCUT2D eigenvalue weighted by molar-refractivity contribution is -0.124.